The molecule has 0 aliphatic carbocycles. The summed E-state index contributed by atoms with van der Waals surface area (Å²) in [5.41, 5.74) is 3.56. The third-order valence-corrected chi connectivity index (χ3v) is 3.59. The number of H-pyrrole nitrogens is 1. The molecular formula is C15H17N3O2. The number of fused-ring (bicyclic) bond motifs is 1. The zero-order chi connectivity index (χ0) is 13.9. The summed E-state index contributed by atoms with van der Waals surface area (Å²) >= 11 is 0. The third-order valence-electron chi connectivity index (χ3n) is 3.59. The van der Waals surface area contributed by atoms with Gasteiger partial charge in [0.05, 0.1) is 0 Å². The fourth-order valence-corrected chi connectivity index (χ4v) is 2.49. The van der Waals surface area contributed by atoms with Crippen molar-refractivity contribution in [1.29, 1.82) is 0 Å². The number of aryl methyl sites for hydroxylation is 3. The molecule has 104 valence electrons. The standard InChI is InChI=1S/C15H17N3O2/c19-15(20)13-8-10(9-17-13)3-5-12-6-4-11-2-1-7-16-14(11)18-12/h4,6,8-9,17H,1-3,5,7H2,(H,16,18)(H,19,20). The second-order valence-electron chi connectivity index (χ2n) is 5.07. The zero-order valence-electron chi connectivity index (χ0n) is 11.1. The fraction of sp³-hybridized carbons (Fsp3) is 0.333. The second-order valence-corrected chi connectivity index (χ2v) is 5.07. The Kier molecular flexibility index (Phi) is 3.41. The summed E-state index contributed by atoms with van der Waals surface area (Å²) in [6, 6.07) is 5.89. The Labute approximate surface area is 117 Å². The number of hydrogen-bond donors (Lipinski definition) is 3. The first-order chi connectivity index (χ1) is 9.72. The molecule has 0 radical (unpaired) electrons. The first-order valence-corrected chi connectivity index (χ1v) is 6.85. The highest BCUT2D eigenvalue weighted by Crippen LogP contribution is 2.20. The molecule has 0 saturated carbocycles. The number of aromatic carboxylic acids is 1. The van der Waals surface area contributed by atoms with E-state index in [9.17, 15) is 4.79 Å². The van der Waals surface area contributed by atoms with Crippen LogP contribution in [0.2, 0.25) is 0 Å². The number of carbonyl (C=O) groups is 1. The molecule has 2 aromatic rings. The quantitative estimate of drug-likeness (QED) is 0.797. The van der Waals surface area contributed by atoms with Gasteiger partial charge in [-0.15, -0.1) is 0 Å². The molecule has 0 amide bonds. The van der Waals surface area contributed by atoms with Gasteiger partial charge in [0.15, 0.2) is 0 Å². The lowest BCUT2D eigenvalue weighted by Crippen LogP contribution is -2.14. The van der Waals surface area contributed by atoms with Gasteiger partial charge >= 0.3 is 5.97 Å². The van der Waals surface area contributed by atoms with E-state index < -0.39 is 5.97 Å². The summed E-state index contributed by atoms with van der Waals surface area (Å²) in [6.45, 7) is 0.989. The van der Waals surface area contributed by atoms with E-state index in [-0.39, 0.29) is 5.69 Å². The van der Waals surface area contributed by atoms with Crippen LogP contribution < -0.4 is 5.32 Å². The highest BCUT2D eigenvalue weighted by atomic mass is 16.4. The maximum atomic E-state index is 10.8. The van der Waals surface area contributed by atoms with E-state index >= 15 is 0 Å². The normalized spacial score (nSPS) is 13.6. The van der Waals surface area contributed by atoms with Gasteiger partial charge in [-0.1, -0.05) is 6.07 Å². The lowest BCUT2D eigenvalue weighted by molar-refractivity contribution is 0.0691. The summed E-state index contributed by atoms with van der Waals surface area (Å²) in [5.74, 6) is 0.0846. The molecule has 3 rings (SSSR count). The van der Waals surface area contributed by atoms with Gasteiger partial charge < -0.3 is 15.4 Å². The largest absolute Gasteiger partial charge is 0.477 e. The first kappa shape index (κ1) is 12.7. The summed E-state index contributed by atoms with van der Waals surface area (Å²) in [5, 5.41) is 12.2. The van der Waals surface area contributed by atoms with Crippen LogP contribution in [0.1, 0.15) is 33.7 Å². The number of carboxylic acid groups (broad SMARTS) is 1. The average Bonchev–Trinajstić information content (AvgIpc) is 2.94. The van der Waals surface area contributed by atoms with Gasteiger partial charge in [-0.05, 0) is 48.9 Å². The van der Waals surface area contributed by atoms with Gasteiger partial charge in [-0.2, -0.15) is 0 Å². The molecule has 5 nitrogen and oxygen atoms in total. The third kappa shape index (κ3) is 2.66. The van der Waals surface area contributed by atoms with E-state index in [1.54, 1.807) is 12.3 Å². The van der Waals surface area contributed by atoms with Gasteiger partial charge in [-0.25, -0.2) is 9.78 Å². The highest BCUT2D eigenvalue weighted by Gasteiger charge is 2.11. The Bertz CT molecular complexity index is 634. The number of aromatic nitrogens is 2. The molecule has 3 heterocycles. The van der Waals surface area contributed by atoms with Crippen molar-refractivity contribution in [3.8, 4) is 0 Å². The molecule has 1 aliphatic rings. The van der Waals surface area contributed by atoms with Crippen LogP contribution in [0.4, 0.5) is 5.82 Å². The number of nitrogens with zero attached hydrogens (tertiary/aromatic N) is 1. The maximum absolute atomic E-state index is 10.8. The lowest BCUT2D eigenvalue weighted by Gasteiger charge is -2.17. The average molecular weight is 271 g/mol. The van der Waals surface area contributed by atoms with E-state index in [4.69, 9.17) is 5.11 Å². The number of carboxylic acids is 1. The molecule has 2 aromatic heterocycles. The number of aromatic amines is 1. The molecular weight excluding hydrogens is 254 g/mol. The Balaban J connectivity index is 1.67. The lowest BCUT2D eigenvalue weighted by atomic mass is 10.1. The molecule has 0 aromatic carbocycles. The minimum Gasteiger partial charge on any atom is -0.477 e. The predicted octanol–water partition coefficient (Wildman–Crippen LogP) is 2.25. The van der Waals surface area contributed by atoms with Crippen LogP contribution in [0.15, 0.2) is 24.4 Å². The van der Waals surface area contributed by atoms with Gasteiger partial charge in [0.1, 0.15) is 11.5 Å². The molecule has 0 spiro atoms. The van der Waals surface area contributed by atoms with Crippen molar-refractivity contribution in [3.63, 3.8) is 0 Å². The van der Waals surface area contributed by atoms with Crippen LogP contribution in [-0.4, -0.2) is 27.6 Å². The summed E-state index contributed by atoms with van der Waals surface area (Å²) in [6.07, 6.45) is 5.60. The Morgan fingerprint density at radius 2 is 2.25 bits per heavy atom. The van der Waals surface area contributed by atoms with Crippen LogP contribution in [0.3, 0.4) is 0 Å². The number of hydrogen-bond acceptors (Lipinski definition) is 3. The van der Waals surface area contributed by atoms with Gasteiger partial charge in [-0.3, -0.25) is 0 Å². The minimum atomic E-state index is -0.924. The van der Waals surface area contributed by atoms with Crippen molar-refractivity contribution in [1.82, 2.24) is 9.97 Å². The smallest absolute Gasteiger partial charge is 0.352 e. The van der Waals surface area contributed by atoms with Gasteiger partial charge in [0, 0.05) is 18.4 Å². The van der Waals surface area contributed by atoms with Crippen LogP contribution in [0.25, 0.3) is 0 Å². The molecule has 0 saturated heterocycles. The second kappa shape index (κ2) is 5.36. The van der Waals surface area contributed by atoms with Crippen LogP contribution in [-0.2, 0) is 19.3 Å². The van der Waals surface area contributed by atoms with Crippen molar-refractivity contribution in [3.05, 3.63) is 46.9 Å². The molecule has 20 heavy (non-hydrogen) atoms. The van der Waals surface area contributed by atoms with E-state index in [0.29, 0.717) is 0 Å². The highest BCUT2D eigenvalue weighted by molar-refractivity contribution is 5.85. The monoisotopic (exact) mass is 271 g/mol. The van der Waals surface area contributed by atoms with Crippen LogP contribution in [0.5, 0.6) is 0 Å². The van der Waals surface area contributed by atoms with Crippen molar-refractivity contribution in [2.75, 3.05) is 11.9 Å². The molecule has 3 N–H and O–H groups in total. The molecule has 0 fully saturated rings. The van der Waals surface area contributed by atoms with Crippen LogP contribution >= 0.6 is 0 Å². The SMILES string of the molecule is O=C(O)c1cc(CCc2ccc3c(n2)NCCC3)c[nH]1. The number of nitrogens with one attached hydrogen (secondary N) is 2. The van der Waals surface area contributed by atoms with E-state index in [1.165, 1.54) is 5.56 Å². The maximum Gasteiger partial charge on any atom is 0.352 e. The zero-order valence-corrected chi connectivity index (χ0v) is 11.1. The van der Waals surface area contributed by atoms with Crippen molar-refractivity contribution in [2.45, 2.75) is 25.7 Å². The molecule has 0 atom stereocenters. The molecule has 0 bridgehead atoms. The fourth-order valence-electron chi connectivity index (χ4n) is 2.49. The minimum absolute atomic E-state index is 0.236. The molecule has 5 heteroatoms. The van der Waals surface area contributed by atoms with E-state index in [2.05, 4.69) is 27.4 Å². The van der Waals surface area contributed by atoms with Crippen molar-refractivity contribution < 1.29 is 9.90 Å². The summed E-state index contributed by atoms with van der Waals surface area (Å²) in [7, 11) is 0. The summed E-state index contributed by atoms with van der Waals surface area (Å²) in [4.78, 5) is 18.2. The molecule has 1 aliphatic heterocycles. The van der Waals surface area contributed by atoms with E-state index in [0.717, 1.165) is 49.3 Å². The Hall–Kier alpha value is -2.30. The van der Waals surface area contributed by atoms with Gasteiger partial charge in [0.25, 0.3) is 0 Å². The van der Waals surface area contributed by atoms with Crippen LogP contribution in [0, 0.1) is 0 Å². The topological polar surface area (TPSA) is 78.0 Å². The summed E-state index contributed by atoms with van der Waals surface area (Å²) < 4.78 is 0. The number of anilines is 1. The van der Waals surface area contributed by atoms with Gasteiger partial charge in [0.2, 0.25) is 0 Å². The Morgan fingerprint density at radius 3 is 3.05 bits per heavy atom. The number of pyridine rings is 1. The Morgan fingerprint density at radius 1 is 1.35 bits per heavy atom. The van der Waals surface area contributed by atoms with Crippen molar-refractivity contribution >= 4 is 11.8 Å². The van der Waals surface area contributed by atoms with E-state index in [1.807, 2.05) is 0 Å². The van der Waals surface area contributed by atoms with Crippen molar-refractivity contribution in [2.24, 2.45) is 0 Å². The number of rotatable bonds is 4. The first-order valence-electron chi connectivity index (χ1n) is 6.85. The molecule has 0 unspecified atom stereocenters. The predicted molar refractivity (Wildman–Crippen MR) is 76.2 cm³/mol.